The Morgan fingerprint density at radius 3 is 2.64 bits per heavy atom. The molecule has 0 radical (unpaired) electrons. The number of fused-ring (bicyclic) bond motifs is 1. The van der Waals surface area contributed by atoms with Gasteiger partial charge in [-0.3, -0.25) is 0 Å². The fourth-order valence-corrected chi connectivity index (χ4v) is 5.87. The molecule has 0 saturated carbocycles. The van der Waals surface area contributed by atoms with Crippen molar-refractivity contribution in [3.8, 4) is 5.75 Å². The van der Waals surface area contributed by atoms with Crippen LogP contribution in [0.4, 0.5) is 5.13 Å². The Balaban J connectivity index is 1.51. The number of benzene rings is 3. The van der Waals surface area contributed by atoms with Crippen LogP contribution in [0.25, 0.3) is 10.2 Å². The summed E-state index contributed by atoms with van der Waals surface area (Å²) in [6.45, 7) is 2.09. The summed E-state index contributed by atoms with van der Waals surface area (Å²) in [5, 5.41) is 3.51. The zero-order valence-electron chi connectivity index (χ0n) is 15.4. The van der Waals surface area contributed by atoms with Gasteiger partial charge in [0.2, 0.25) is 0 Å². The van der Waals surface area contributed by atoms with Gasteiger partial charge >= 0.3 is 178 Å². The Hall–Kier alpha value is -2.45. The van der Waals surface area contributed by atoms with E-state index < -0.39 is 0 Å². The molecule has 0 aliphatic rings. The van der Waals surface area contributed by atoms with E-state index in [9.17, 15) is 4.79 Å². The summed E-state index contributed by atoms with van der Waals surface area (Å²) in [7, 11) is 1.64. The van der Waals surface area contributed by atoms with Crippen molar-refractivity contribution in [2.45, 2.75) is 6.92 Å². The first-order valence-corrected chi connectivity index (χ1v) is 11.7. The molecule has 4 rings (SSSR count). The van der Waals surface area contributed by atoms with E-state index in [1.165, 1.54) is 24.0 Å². The van der Waals surface area contributed by atoms with Crippen LogP contribution in [-0.2, 0) is 0 Å². The number of nitrogens with one attached hydrogen (secondary N) is 1. The van der Waals surface area contributed by atoms with E-state index in [1.807, 2.05) is 36.4 Å². The average Bonchev–Trinajstić information content (AvgIpc) is 3.11. The number of carbonyl (C=O) groups is 1. The Bertz CT molecular complexity index is 1140. The SMILES string of the molecule is COc1ccc2nc(NC(=O)c3cccc([I-]c4ccc(C)cc4)c3)sc2c1. The first-order chi connectivity index (χ1) is 13.6. The summed E-state index contributed by atoms with van der Waals surface area (Å²) in [6, 6.07) is 22.2. The molecule has 0 aliphatic carbocycles. The number of ether oxygens (including phenoxy) is 1. The zero-order valence-corrected chi connectivity index (χ0v) is 18.4. The van der Waals surface area contributed by atoms with E-state index >= 15 is 0 Å². The number of aromatic nitrogens is 1. The number of amides is 1. The van der Waals surface area contributed by atoms with Crippen LogP contribution in [0.1, 0.15) is 15.9 Å². The molecule has 0 spiro atoms. The van der Waals surface area contributed by atoms with Crippen LogP contribution >= 0.6 is 11.3 Å². The second-order valence-corrected chi connectivity index (χ2v) is 10.3. The molecular formula is C22H18IN2O2S-. The zero-order chi connectivity index (χ0) is 19.5. The van der Waals surface area contributed by atoms with Crippen molar-refractivity contribution in [1.82, 2.24) is 4.98 Å². The molecule has 1 aromatic heterocycles. The number of hydrogen-bond acceptors (Lipinski definition) is 4. The molecular weight excluding hydrogens is 483 g/mol. The molecule has 0 fully saturated rings. The Kier molecular flexibility index (Phi) is 5.59. The van der Waals surface area contributed by atoms with E-state index in [0.717, 1.165) is 16.0 Å². The van der Waals surface area contributed by atoms with Crippen molar-refractivity contribution < 1.29 is 30.7 Å². The van der Waals surface area contributed by atoms with Crippen LogP contribution < -0.4 is 31.3 Å². The van der Waals surface area contributed by atoms with Gasteiger partial charge in [-0.25, -0.2) is 0 Å². The third-order valence-electron chi connectivity index (χ3n) is 4.13. The summed E-state index contributed by atoms with van der Waals surface area (Å²) < 4.78 is 8.77. The molecule has 4 nitrogen and oxygen atoms in total. The van der Waals surface area contributed by atoms with Crippen molar-refractivity contribution in [2.75, 3.05) is 12.4 Å². The molecule has 1 heterocycles. The van der Waals surface area contributed by atoms with Crippen LogP contribution in [0.2, 0.25) is 0 Å². The molecule has 6 heteroatoms. The van der Waals surface area contributed by atoms with Crippen molar-refractivity contribution in [1.29, 1.82) is 0 Å². The molecule has 0 aliphatic heterocycles. The van der Waals surface area contributed by atoms with E-state index in [1.54, 1.807) is 7.11 Å². The fraction of sp³-hybridized carbons (Fsp3) is 0.0909. The van der Waals surface area contributed by atoms with E-state index in [-0.39, 0.29) is 27.1 Å². The number of anilines is 1. The second-order valence-electron chi connectivity index (χ2n) is 6.21. The summed E-state index contributed by atoms with van der Waals surface area (Å²) >= 11 is 1.13. The van der Waals surface area contributed by atoms with Crippen molar-refractivity contribution in [3.63, 3.8) is 0 Å². The molecule has 1 amide bonds. The molecule has 0 unspecified atom stereocenters. The number of carbonyl (C=O) groups excluding carboxylic acids is 1. The van der Waals surface area contributed by atoms with Crippen molar-refractivity contribution in [2.24, 2.45) is 0 Å². The number of halogens is 1. The summed E-state index contributed by atoms with van der Waals surface area (Å²) in [5.74, 6) is 0.641. The monoisotopic (exact) mass is 501 g/mol. The van der Waals surface area contributed by atoms with Gasteiger partial charge in [-0.2, -0.15) is 0 Å². The molecule has 0 bridgehead atoms. The van der Waals surface area contributed by atoms with Crippen molar-refractivity contribution >= 4 is 32.6 Å². The predicted molar refractivity (Wildman–Crippen MR) is 109 cm³/mol. The number of nitrogens with zero attached hydrogens (tertiary/aromatic N) is 1. The van der Waals surface area contributed by atoms with Crippen LogP contribution in [0.3, 0.4) is 0 Å². The van der Waals surface area contributed by atoms with Crippen molar-refractivity contribution in [3.05, 3.63) is 85.0 Å². The number of aryl methyl sites for hydroxylation is 1. The topological polar surface area (TPSA) is 51.2 Å². The maximum absolute atomic E-state index is 12.7. The minimum absolute atomic E-state index is 0.138. The van der Waals surface area contributed by atoms with Crippen LogP contribution in [0.15, 0.2) is 66.7 Å². The normalized spacial score (nSPS) is 10.9. The summed E-state index contributed by atoms with van der Waals surface area (Å²) in [6.07, 6.45) is 0. The van der Waals surface area contributed by atoms with Gasteiger partial charge in [-0.05, 0) is 0 Å². The van der Waals surface area contributed by atoms with Crippen LogP contribution in [0, 0.1) is 14.1 Å². The quantitative estimate of drug-likeness (QED) is 0.426. The number of thiazole rings is 1. The summed E-state index contributed by atoms with van der Waals surface area (Å²) in [4.78, 5) is 17.2. The Labute approximate surface area is 177 Å². The predicted octanol–water partition coefficient (Wildman–Crippen LogP) is 1.99. The number of hydrogen-bond donors (Lipinski definition) is 1. The van der Waals surface area contributed by atoms with Gasteiger partial charge in [0.1, 0.15) is 0 Å². The second kappa shape index (κ2) is 8.28. The standard InChI is InChI=1S/C22H18IN2O2S/c1-14-6-8-16(9-7-14)23-17-5-3-4-15(12-17)21(26)25-22-24-19-11-10-18(27-2)13-20(19)28-22/h3-13H,1-2H3,(H,24,25,26)/q-1. The van der Waals surface area contributed by atoms with Gasteiger partial charge in [-0.15, -0.1) is 0 Å². The third kappa shape index (κ3) is 4.34. The molecule has 28 heavy (non-hydrogen) atoms. The minimum atomic E-state index is -0.316. The molecule has 142 valence electrons. The van der Waals surface area contributed by atoms with E-state index in [0.29, 0.717) is 10.7 Å². The third-order valence-corrected chi connectivity index (χ3v) is 7.70. The first kappa shape index (κ1) is 18.9. The number of rotatable bonds is 5. The van der Waals surface area contributed by atoms with Gasteiger partial charge in [0.25, 0.3) is 0 Å². The molecule has 0 atom stereocenters. The number of methoxy groups -OCH3 is 1. The van der Waals surface area contributed by atoms with Gasteiger partial charge in [-0.1, -0.05) is 0 Å². The van der Waals surface area contributed by atoms with E-state index in [2.05, 4.69) is 47.6 Å². The molecule has 3 aromatic carbocycles. The van der Waals surface area contributed by atoms with Gasteiger partial charge < -0.3 is 0 Å². The van der Waals surface area contributed by atoms with Gasteiger partial charge in [0.15, 0.2) is 0 Å². The van der Waals surface area contributed by atoms with Crippen LogP contribution in [0.5, 0.6) is 5.75 Å². The fourth-order valence-electron chi connectivity index (χ4n) is 2.67. The molecule has 0 saturated heterocycles. The van der Waals surface area contributed by atoms with Crippen LogP contribution in [-0.4, -0.2) is 18.0 Å². The molecule has 1 N–H and O–H groups in total. The Morgan fingerprint density at radius 2 is 1.86 bits per heavy atom. The van der Waals surface area contributed by atoms with Gasteiger partial charge in [0, 0.05) is 0 Å². The summed E-state index contributed by atoms with van der Waals surface area (Å²) in [5.41, 5.74) is 2.76. The maximum atomic E-state index is 12.7. The first-order valence-electron chi connectivity index (χ1n) is 8.68. The Morgan fingerprint density at radius 1 is 1.04 bits per heavy atom. The molecule has 4 aromatic rings. The van der Waals surface area contributed by atoms with E-state index in [4.69, 9.17) is 4.74 Å². The van der Waals surface area contributed by atoms with Gasteiger partial charge in [0.05, 0.1) is 0 Å². The average molecular weight is 501 g/mol.